The second kappa shape index (κ2) is 6.15. The smallest absolute Gasteiger partial charge is 0.256 e. The molecule has 1 N–H and O–H groups in total. The van der Waals surface area contributed by atoms with Crippen molar-refractivity contribution in [3.8, 4) is 0 Å². The lowest BCUT2D eigenvalue weighted by Crippen LogP contribution is -2.40. The van der Waals surface area contributed by atoms with Crippen LogP contribution in [0.4, 0.5) is 0 Å². The molecular weight excluding hydrogens is 293 g/mol. The number of carbonyl (C=O) groups excluding carboxylic acids is 1. The molecule has 3 nitrogen and oxygen atoms in total. The number of halogens is 2. The predicted octanol–water partition coefficient (Wildman–Crippen LogP) is 2.60. The maximum atomic E-state index is 12.1. The Labute approximate surface area is 120 Å². The lowest BCUT2D eigenvalue weighted by molar-refractivity contribution is -0.140. The van der Waals surface area contributed by atoms with Crippen LogP contribution in [0.15, 0.2) is 18.2 Å². The van der Waals surface area contributed by atoms with Gasteiger partial charge in [-0.15, -0.1) is 0 Å². The number of nitrogens with zero attached hydrogens (tertiary/aromatic N) is 1. The fourth-order valence-electron chi connectivity index (χ4n) is 1.83. The summed E-state index contributed by atoms with van der Waals surface area (Å²) in [7, 11) is 0. The van der Waals surface area contributed by atoms with E-state index in [1.807, 2.05) is 11.8 Å². The van der Waals surface area contributed by atoms with Gasteiger partial charge in [0.15, 0.2) is 6.10 Å². The van der Waals surface area contributed by atoms with Crippen molar-refractivity contribution in [3.05, 3.63) is 33.8 Å². The van der Waals surface area contributed by atoms with Crippen LogP contribution in [-0.2, 0) is 4.79 Å². The molecular formula is C12H13Cl2NO2S. The number of hydrogen-bond acceptors (Lipinski definition) is 3. The number of benzene rings is 1. The van der Waals surface area contributed by atoms with Gasteiger partial charge in [-0.1, -0.05) is 23.2 Å². The highest BCUT2D eigenvalue weighted by Gasteiger charge is 2.25. The summed E-state index contributed by atoms with van der Waals surface area (Å²) >= 11 is 13.5. The van der Waals surface area contributed by atoms with Crippen LogP contribution in [0.3, 0.4) is 0 Å². The van der Waals surface area contributed by atoms with Crippen molar-refractivity contribution in [1.29, 1.82) is 0 Å². The Balaban J connectivity index is 2.14. The van der Waals surface area contributed by atoms with Gasteiger partial charge in [-0.25, -0.2) is 0 Å². The molecule has 1 aromatic carbocycles. The minimum atomic E-state index is -1.19. The third-order valence-corrected chi connectivity index (χ3v) is 4.14. The van der Waals surface area contributed by atoms with E-state index in [0.717, 1.165) is 11.5 Å². The summed E-state index contributed by atoms with van der Waals surface area (Å²) < 4.78 is 0. The molecule has 0 saturated carbocycles. The van der Waals surface area contributed by atoms with Crippen molar-refractivity contribution in [2.75, 3.05) is 24.6 Å². The number of thioether (sulfide) groups is 1. The fourth-order valence-corrected chi connectivity index (χ4v) is 3.28. The monoisotopic (exact) mass is 305 g/mol. The topological polar surface area (TPSA) is 40.5 Å². The maximum absolute atomic E-state index is 12.1. The lowest BCUT2D eigenvalue weighted by atomic mass is 10.1. The van der Waals surface area contributed by atoms with Gasteiger partial charge in [0.05, 0.1) is 0 Å². The van der Waals surface area contributed by atoms with Crippen molar-refractivity contribution < 1.29 is 9.90 Å². The van der Waals surface area contributed by atoms with Crippen molar-refractivity contribution in [2.45, 2.75) is 6.10 Å². The van der Waals surface area contributed by atoms with E-state index < -0.39 is 6.10 Å². The summed E-state index contributed by atoms with van der Waals surface area (Å²) in [4.78, 5) is 13.8. The first-order valence-electron chi connectivity index (χ1n) is 5.58. The number of aliphatic hydroxyl groups is 1. The molecule has 1 heterocycles. The largest absolute Gasteiger partial charge is 0.378 e. The van der Waals surface area contributed by atoms with Gasteiger partial charge in [-0.05, 0) is 23.8 Å². The summed E-state index contributed by atoms with van der Waals surface area (Å²) in [6.07, 6.45) is -1.19. The summed E-state index contributed by atoms with van der Waals surface area (Å²) in [6, 6.07) is 4.70. The first kappa shape index (κ1) is 14.0. The lowest BCUT2D eigenvalue weighted by Gasteiger charge is -2.28. The molecule has 18 heavy (non-hydrogen) atoms. The van der Waals surface area contributed by atoms with Crippen LogP contribution in [0.25, 0.3) is 0 Å². The van der Waals surface area contributed by atoms with E-state index in [2.05, 4.69) is 0 Å². The second-order valence-electron chi connectivity index (χ2n) is 4.04. The summed E-state index contributed by atoms with van der Waals surface area (Å²) in [6.45, 7) is 1.35. The van der Waals surface area contributed by atoms with Crippen molar-refractivity contribution in [2.24, 2.45) is 0 Å². The third-order valence-electron chi connectivity index (χ3n) is 2.76. The highest BCUT2D eigenvalue weighted by molar-refractivity contribution is 7.99. The van der Waals surface area contributed by atoms with Crippen LogP contribution < -0.4 is 0 Å². The van der Waals surface area contributed by atoms with Gasteiger partial charge < -0.3 is 10.0 Å². The molecule has 0 bridgehead atoms. The van der Waals surface area contributed by atoms with Gasteiger partial charge in [0, 0.05) is 34.6 Å². The summed E-state index contributed by atoms with van der Waals surface area (Å²) in [5, 5.41) is 10.9. The van der Waals surface area contributed by atoms with Crippen LogP contribution in [0.2, 0.25) is 10.0 Å². The molecule has 1 fully saturated rings. The Bertz CT molecular complexity index is 429. The summed E-state index contributed by atoms with van der Waals surface area (Å²) in [5.41, 5.74) is 0.440. The molecule has 98 valence electrons. The average Bonchev–Trinajstić information content (AvgIpc) is 2.37. The molecule has 1 aliphatic rings. The normalized spacial score (nSPS) is 17.6. The Morgan fingerprint density at radius 2 is 1.78 bits per heavy atom. The SMILES string of the molecule is O=C(C(O)c1cc(Cl)cc(Cl)c1)N1CCSCC1. The number of carbonyl (C=O) groups is 1. The maximum Gasteiger partial charge on any atom is 0.256 e. The quantitative estimate of drug-likeness (QED) is 0.913. The Morgan fingerprint density at radius 1 is 1.22 bits per heavy atom. The van der Waals surface area contributed by atoms with Gasteiger partial charge in [0.1, 0.15) is 0 Å². The number of amides is 1. The minimum absolute atomic E-state index is 0.284. The van der Waals surface area contributed by atoms with Crippen molar-refractivity contribution >= 4 is 40.9 Å². The first-order valence-corrected chi connectivity index (χ1v) is 7.49. The van der Waals surface area contributed by atoms with E-state index in [1.165, 1.54) is 0 Å². The second-order valence-corrected chi connectivity index (χ2v) is 6.14. The molecule has 1 saturated heterocycles. The van der Waals surface area contributed by atoms with Crippen LogP contribution in [0.1, 0.15) is 11.7 Å². The molecule has 0 aromatic heterocycles. The summed E-state index contributed by atoms with van der Waals surface area (Å²) in [5.74, 6) is 1.54. The van der Waals surface area contributed by atoms with Crippen LogP contribution in [0.5, 0.6) is 0 Å². The third kappa shape index (κ3) is 3.32. The van der Waals surface area contributed by atoms with Crippen LogP contribution >= 0.6 is 35.0 Å². The van der Waals surface area contributed by atoms with Gasteiger partial charge in [-0.3, -0.25) is 4.79 Å². The molecule has 0 spiro atoms. The predicted molar refractivity (Wildman–Crippen MR) is 75.3 cm³/mol. The van der Waals surface area contributed by atoms with Gasteiger partial charge in [-0.2, -0.15) is 11.8 Å². The molecule has 0 aliphatic carbocycles. The van der Waals surface area contributed by atoms with Crippen molar-refractivity contribution in [3.63, 3.8) is 0 Å². The fraction of sp³-hybridized carbons (Fsp3) is 0.417. The van der Waals surface area contributed by atoms with Crippen LogP contribution in [0, 0.1) is 0 Å². The zero-order chi connectivity index (χ0) is 13.1. The molecule has 6 heteroatoms. The zero-order valence-corrected chi connectivity index (χ0v) is 11.9. The highest BCUT2D eigenvalue weighted by Crippen LogP contribution is 2.25. The van der Waals surface area contributed by atoms with Gasteiger partial charge in [0.2, 0.25) is 0 Å². The molecule has 1 amide bonds. The number of aliphatic hydroxyl groups excluding tert-OH is 1. The van der Waals surface area contributed by atoms with Crippen LogP contribution in [-0.4, -0.2) is 40.5 Å². The minimum Gasteiger partial charge on any atom is -0.378 e. The standard InChI is InChI=1S/C12H13Cl2NO2S/c13-9-5-8(6-10(14)7-9)11(16)12(17)15-1-3-18-4-2-15/h5-7,11,16H,1-4H2. The molecule has 1 aromatic rings. The molecule has 2 rings (SSSR count). The van der Waals surface area contributed by atoms with Gasteiger partial charge >= 0.3 is 0 Å². The Morgan fingerprint density at radius 3 is 2.33 bits per heavy atom. The average molecular weight is 306 g/mol. The van der Waals surface area contributed by atoms with E-state index in [-0.39, 0.29) is 5.91 Å². The molecule has 1 unspecified atom stereocenters. The molecule has 1 atom stereocenters. The number of hydrogen-bond donors (Lipinski definition) is 1. The zero-order valence-electron chi connectivity index (χ0n) is 9.60. The molecule has 1 aliphatic heterocycles. The number of rotatable bonds is 2. The highest BCUT2D eigenvalue weighted by atomic mass is 35.5. The van der Waals surface area contributed by atoms with Gasteiger partial charge in [0.25, 0.3) is 5.91 Å². The molecule has 0 radical (unpaired) electrons. The first-order chi connectivity index (χ1) is 8.58. The Hall–Kier alpha value is -0.420. The van der Waals surface area contributed by atoms with E-state index >= 15 is 0 Å². The van der Waals surface area contributed by atoms with E-state index in [4.69, 9.17) is 23.2 Å². The Kier molecular flexibility index (Phi) is 4.78. The van der Waals surface area contributed by atoms with E-state index in [9.17, 15) is 9.90 Å². The van der Waals surface area contributed by atoms with Crippen molar-refractivity contribution in [1.82, 2.24) is 4.90 Å². The van der Waals surface area contributed by atoms with E-state index in [0.29, 0.717) is 28.7 Å². The van der Waals surface area contributed by atoms with E-state index in [1.54, 1.807) is 23.1 Å².